The summed E-state index contributed by atoms with van der Waals surface area (Å²) < 4.78 is 44.4. The van der Waals surface area contributed by atoms with Gasteiger partial charge in [-0.15, -0.1) is 0 Å². The molecule has 2 heterocycles. The maximum absolute atomic E-state index is 13.8. The number of fused-ring (bicyclic) bond motifs is 1. The van der Waals surface area contributed by atoms with Crippen LogP contribution in [0, 0.1) is 20.8 Å². The summed E-state index contributed by atoms with van der Waals surface area (Å²) in [6.45, 7) is 12.1. The van der Waals surface area contributed by atoms with Gasteiger partial charge in [-0.1, -0.05) is 42.8 Å². The summed E-state index contributed by atoms with van der Waals surface area (Å²) in [6, 6.07) is 3.95. The van der Waals surface area contributed by atoms with E-state index in [-0.39, 0.29) is 18.0 Å². The molecule has 0 aliphatic heterocycles. The van der Waals surface area contributed by atoms with E-state index in [1.165, 1.54) is 10.6 Å². The van der Waals surface area contributed by atoms with E-state index in [9.17, 15) is 13.2 Å². The Balaban J connectivity index is 2.29. The number of aryl methyl sites for hydroxylation is 3. The van der Waals surface area contributed by atoms with E-state index in [1.807, 2.05) is 39.8 Å². The molecule has 1 aromatic carbocycles. The van der Waals surface area contributed by atoms with Crippen LogP contribution in [0.1, 0.15) is 41.4 Å². The number of aromatic nitrogens is 3. The number of hydrogen-bond donors (Lipinski definition) is 0. The van der Waals surface area contributed by atoms with Crippen LogP contribution in [0.2, 0.25) is 5.15 Å². The topological polar surface area (TPSA) is 25.5 Å². The SMILES string of the molecule is C=CN(CCC)Cc1c(C(F)(F)F)nc2n(-c3c(C)cc(C)cc3C)c(Cl)cn12. The average molecular weight is 425 g/mol. The second-order valence-corrected chi connectivity index (χ2v) is 7.65. The smallest absolute Gasteiger partial charge is 0.372 e. The minimum absolute atomic E-state index is 0.0412. The molecule has 8 heteroatoms. The van der Waals surface area contributed by atoms with Crippen molar-refractivity contribution >= 4 is 17.4 Å². The van der Waals surface area contributed by atoms with Crippen LogP contribution in [0.25, 0.3) is 11.5 Å². The van der Waals surface area contributed by atoms with Gasteiger partial charge in [0, 0.05) is 12.7 Å². The van der Waals surface area contributed by atoms with Gasteiger partial charge in [-0.05, 0) is 44.5 Å². The van der Waals surface area contributed by atoms with E-state index in [2.05, 4.69) is 11.6 Å². The fraction of sp³-hybridized carbons (Fsp3) is 0.381. The highest BCUT2D eigenvalue weighted by molar-refractivity contribution is 6.30. The lowest BCUT2D eigenvalue weighted by atomic mass is 10.1. The summed E-state index contributed by atoms with van der Waals surface area (Å²) in [7, 11) is 0. The second kappa shape index (κ2) is 7.78. The van der Waals surface area contributed by atoms with Crippen molar-refractivity contribution in [1.82, 2.24) is 18.9 Å². The van der Waals surface area contributed by atoms with E-state index in [0.717, 1.165) is 28.8 Å². The first-order valence-corrected chi connectivity index (χ1v) is 9.76. The molecule has 29 heavy (non-hydrogen) atoms. The summed E-state index contributed by atoms with van der Waals surface area (Å²) in [5.41, 5.74) is 2.80. The third kappa shape index (κ3) is 3.88. The number of nitrogens with zero attached hydrogens (tertiary/aromatic N) is 4. The maximum atomic E-state index is 13.8. The minimum atomic E-state index is -4.57. The van der Waals surface area contributed by atoms with Crippen LogP contribution < -0.4 is 0 Å². The van der Waals surface area contributed by atoms with Crippen molar-refractivity contribution in [3.8, 4) is 5.69 Å². The van der Waals surface area contributed by atoms with Crippen molar-refractivity contribution in [2.45, 2.75) is 46.8 Å². The summed E-state index contributed by atoms with van der Waals surface area (Å²) in [5, 5.41) is 0.304. The summed E-state index contributed by atoms with van der Waals surface area (Å²) in [4.78, 5) is 5.73. The zero-order chi connectivity index (χ0) is 21.5. The highest BCUT2D eigenvalue weighted by Crippen LogP contribution is 2.36. The van der Waals surface area contributed by atoms with Gasteiger partial charge >= 0.3 is 6.18 Å². The molecule has 2 aromatic heterocycles. The fourth-order valence-electron chi connectivity index (χ4n) is 3.83. The fourth-order valence-corrected chi connectivity index (χ4v) is 4.09. The average Bonchev–Trinajstić information content (AvgIpc) is 3.10. The van der Waals surface area contributed by atoms with Gasteiger partial charge in [0.2, 0.25) is 5.78 Å². The molecule has 0 amide bonds. The Hall–Kier alpha value is -2.41. The summed E-state index contributed by atoms with van der Waals surface area (Å²) in [6.07, 6.45) is -0.732. The van der Waals surface area contributed by atoms with Gasteiger partial charge in [0.05, 0.1) is 17.9 Å². The number of imidazole rings is 2. The Morgan fingerprint density at radius 1 is 1.21 bits per heavy atom. The van der Waals surface area contributed by atoms with Gasteiger partial charge in [0.15, 0.2) is 5.69 Å². The van der Waals surface area contributed by atoms with E-state index < -0.39 is 11.9 Å². The standard InChI is InChI=1S/C21H24ClF3N4/c1-6-8-27(7-2)11-16-19(21(23,24)25)26-20-28(16)12-17(22)29(20)18-14(4)9-13(3)10-15(18)5/h7,9-10,12H,2,6,8,11H2,1,3-5H3. The Bertz CT molecular complexity index is 1040. The molecule has 0 spiro atoms. The van der Waals surface area contributed by atoms with Gasteiger partial charge in [0.25, 0.3) is 0 Å². The zero-order valence-electron chi connectivity index (χ0n) is 16.9. The van der Waals surface area contributed by atoms with Crippen LogP contribution in [0.5, 0.6) is 0 Å². The lowest BCUT2D eigenvalue weighted by Crippen LogP contribution is -2.21. The molecular formula is C21H24ClF3N4. The molecule has 156 valence electrons. The van der Waals surface area contributed by atoms with E-state index in [0.29, 0.717) is 11.7 Å². The quantitative estimate of drug-likeness (QED) is 0.479. The van der Waals surface area contributed by atoms with Gasteiger partial charge in [-0.2, -0.15) is 13.2 Å². The van der Waals surface area contributed by atoms with Gasteiger partial charge in [-0.3, -0.25) is 8.97 Å². The van der Waals surface area contributed by atoms with Gasteiger partial charge in [0.1, 0.15) is 5.15 Å². The molecule has 0 aliphatic carbocycles. The molecular weight excluding hydrogens is 401 g/mol. The Labute approximate surface area is 173 Å². The molecule has 0 aliphatic rings. The molecule has 0 saturated carbocycles. The van der Waals surface area contributed by atoms with Crippen molar-refractivity contribution in [2.75, 3.05) is 6.54 Å². The van der Waals surface area contributed by atoms with Gasteiger partial charge in [-0.25, -0.2) is 4.98 Å². The number of hydrogen-bond acceptors (Lipinski definition) is 2. The van der Waals surface area contributed by atoms with Crippen LogP contribution in [0.3, 0.4) is 0 Å². The van der Waals surface area contributed by atoms with Crippen LogP contribution in [0.15, 0.2) is 31.1 Å². The molecule has 0 fully saturated rings. The molecule has 0 radical (unpaired) electrons. The molecule has 0 saturated heterocycles. The Morgan fingerprint density at radius 2 is 1.83 bits per heavy atom. The zero-order valence-corrected chi connectivity index (χ0v) is 17.7. The second-order valence-electron chi connectivity index (χ2n) is 7.26. The first kappa shape index (κ1) is 21.3. The Kier molecular flexibility index (Phi) is 5.72. The first-order chi connectivity index (χ1) is 13.6. The van der Waals surface area contributed by atoms with Crippen molar-refractivity contribution in [2.24, 2.45) is 0 Å². The van der Waals surface area contributed by atoms with E-state index in [4.69, 9.17) is 11.6 Å². The van der Waals surface area contributed by atoms with E-state index in [1.54, 1.807) is 15.7 Å². The van der Waals surface area contributed by atoms with Crippen molar-refractivity contribution in [3.63, 3.8) is 0 Å². The largest absolute Gasteiger partial charge is 0.435 e. The van der Waals surface area contributed by atoms with Crippen LogP contribution in [0.4, 0.5) is 13.2 Å². The molecule has 0 atom stereocenters. The molecule has 0 bridgehead atoms. The molecule has 3 aromatic rings. The number of alkyl halides is 3. The lowest BCUT2D eigenvalue weighted by molar-refractivity contribution is -0.141. The van der Waals surface area contributed by atoms with Crippen LogP contribution >= 0.6 is 11.6 Å². The number of halogens is 4. The normalized spacial score (nSPS) is 12.0. The van der Waals surface area contributed by atoms with Crippen molar-refractivity contribution in [1.29, 1.82) is 0 Å². The predicted octanol–water partition coefficient (Wildman–Crippen LogP) is 6.08. The highest BCUT2D eigenvalue weighted by Gasteiger charge is 2.39. The third-order valence-corrected chi connectivity index (χ3v) is 5.16. The molecule has 4 nitrogen and oxygen atoms in total. The minimum Gasteiger partial charge on any atom is -0.372 e. The number of benzene rings is 1. The van der Waals surface area contributed by atoms with Gasteiger partial charge < -0.3 is 4.90 Å². The monoisotopic (exact) mass is 424 g/mol. The molecule has 0 unspecified atom stereocenters. The van der Waals surface area contributed by atoms with Crippen molar-refractivity contribution < 1.29 is 13.2 Å². The maximum Gasteiger partial charge on any atom is 0.435 e. The number of rotatable bonds is 6. The predicted molar refractivity (Wildman–Crippen MR) is 110 cm³/mol. The van der Waals surface area contributed by atoms with Crippen molar-refractivity contribution in [3.05, 3.63) is 64.3 Å². The van der Waals surface area contributed by atoms with Crippen LogP contribution in [-0.4, -0.2) is 25.4 Å². The summed E-state index contributed by atoms with van der Waals surface area (Å²) >= 11 is 6.48. The third-order valence-electron chi connectivity index (χ3n) is 4.89. The van der Waals surface area contributed by atoms with Crippen LogP contribution in [-0.2, 0) is 12.7 Å². The first-order valence-electron chi connectivity index (χ1n) is 9.38. The molecule has 3 rings (SSSR count). The summed E-state index contributed by atoms with van der Waals surface area (Å²) in [5.74, 6) is 0.146. The lowest BCUT2D eigenvalue weighted by Gasteiger charge is -2.19. The van der Waals surface area contributed by atoms with E-state index >= 15 is 0 Å². The Morgan fingerprint density at radius 3 is 2.34 bits per heavy atom. The molecule has 0 N–H and O–H groups in total. The highest BCUT2D eigenvalue weighted by atomic mass is 35.5.